The molecule has 0 heterocycles. The van der Waals surface area contributed by atoms with E-state index in [0.717, 1.165) is 18.5 Å². The van der Waals surface area contributed by atoms with E-state index in [1.807, 2.05) is 6.07 Å². The Labute approximate surface area is 85.3 Å². The van der Waals surface area contributed by atoms with Crippen LogP contribution in [0.1, 0.15) is 37.3 Å². The predicted molar refractivity (Wildman–Crippen MR) is 60.2 cm³/mol. The van der Waals surface area contributed by atoms with Gasteiger partial charge in [-0.2, -0.15) is 0 Å². The summed E-state index contributed by atoms with van der Waals surface area (Å²) in [6.07, 6.45) is 2.10. The zero-order valence-electron chi connectivity index (χ0n) is 8.88. The second-order valence-electron chi connectivity index (χ2n) is 4.69. The molecule has 0 aliphatic heterocycles. The van der Waals surface area contributed by atoms with Crippen molar-refractivity contribution < 1.29 is 0 Å². The summed E-state index contributed by atoms with van der Waals surface area (Å²) < 4.78 is 0. The van der Waals surface area contributed by atoms with Gasteiger partial charge in [0, 0.05) is 11.2 Å². The van der Waals surface area contributed by atoms with E-state index in [2.05, 4.69) is 26.0 Å². The van der Waals surface area contributed by atoms with Crippen molar-refractivity contribution in [2.24, 2.45) is 5.73 Å². The van der Waals surface area contributed by atoms with E-state index < -0.39 is 0 Å². The summed E-state index contributed by atoms with van der Waals surface area (Å²) in [6.45, 7) is 4.34. The van der Waals surface area contributed by atoms with Crippen LogP contribution in [0, 0.1) is 0 Å². The average molecular weight is 190 g/mol. The van der Waals surface area contributed by atoms with E-state index in [4.69, 9.17) is 11.5 Å². The Morgan fingerprint density at radius 1 is 1.43 bits per heavy atom. The zero-order valence-corrected chi connectivity index (χ0v) is 8.88. The number of nitrogen functional groups attached to an aromatic ring is 1. The summed E-state index contributed by atoms with van der Waals surface area (Å²) in [4.78, 5) is 0. The van der Waals surface area contributed by atoms with Crippen LogP contribution in [0.15, 0.2) is 18.2 Å². The number of fused-ring (bicyclic) bond motifs is 1. The predicted octanol–water partition coefficient (Wildman–Crippen LogP) is 2.04. The lowest BCUT2D eigenvalue weighted by molar-refractivity contribution is 0.347. The molecule has 2 unspecified atom stereocenters. The van der Waals surface area contributed by atoms with Gasteiger partial charge in [0.05, 0.1) is 0 Å². The van der Waals surface area contributed by atoms with Crippen molar-refractivity contribution in [2.45, 2.75) is 38.1 Å². The molecule has 1 aliphatic carbocycles. The summed E-state index contributed by atoms with van der Waals surface area (Å²) in [6, 6.07) is 6.18. The molecule has 2 atom stereocenters. The first-order valence-electron chi connectivity index (χ1n) is 5.18. The number of aryl methyl sites for hydroxylation is 1. The number of anilines is 1. The molecule has 14 heavy (non-hydrogen) atoms. The molecule has 0 saturated carbocycles. The van der Waals surface area contributed by atoms with Crippen LogP contribution in [0.2, 0.25) is 0 Å². The Balaban J connectivity index is 2.46. The topological polar surface area (TPSA) is 52.0 Å². The fraction of sp³-hybridized carbons (Fsp3) is 0.500. The Hall–Kier alpha value is -1.02. The van der Waals surface area contributed by atoms with Crippen LogP contribution < -0.4 is 11.5 Å². The molecule has 2 rings (SSSR count). The SMILES string of the molecule is CC1c2ccc(N)cc2CCC1(C)N. The second kappa shape index (κ2) is 2.99. The van der Waals surface area contributed by atoms with Gasteiger partial charge in [-0.25, -0.2) is 0 Å². The van der Waals surface area contributed by atoms with Gasteiger partial charge in [0.25, 0.3) is 0 Å². The number of nitrogens with two attached hydrogens (primary N) is 2. The van der Waals surface area contributed by atoms with Gasteiger partial charge >= 0.3 is 0 Å². The van der Waals surface area contributed by atoms with E-state index in [1.54, 1.807) is 0 Å². The molecule has 1 aromatic rings. The lowest BCUT2D eigenvalue weighted by atomic mass is 9.72. The molecule has 1 aliphatic rings. The highest BCUT2D eigenvalue weighted by Gasteiger charge is 2.32. The van der Waals surface area contributed by atoms with E-state index >= 15 is 0 Å². The highest BCUT2D eigenvalue weighted by atomic mass is 14.7. The maximum atomic E-state index is 6.24. The summed E-state index contributed by atoms with van der Waals surface area (Å²) in [5.74, 6) is 0.423. The first-order chi connectivity index (χ1) is 6.50. The lowest BCUT2D eigenvalue weighted by Crippen LogP contribution is -2.44. The van der Waals surface area contributed by atoms with Crippen molar-refractivity contribution in [2.75, 3.05) is 5.73 Å². The molecule has 0 aromatic heterocycles. The molecule has 0 fully saturated rings. The number of hydrogen-bond acceptors (Lipinski definition) is 2. The molecule has 0 bridgehead atoms. The molecule has 0 amide bonds. The average Bonchev–Trinajstić information content (AvgIpc) is 2.12. The summed E-state index contributed by atoms with van der Waals surface area (Å²) >= 11 is 0. The van der Waals surface area contributed by atoms with Gasteiger partial charge in [0.1, 0.15) is 0 Å². The second-order valence-corrected chi connectivity index (χ2v) is 4.69. The minimum atomic E-state index is -0.0664. The highest BCUT2D eigenvalue weighted by Crippen LogP contribution is 2.37. The van der Waals surface area contributed by atoms with Crippen LogP contribution in [0.3, 0.4) is 0 Å². The third kappa shape index (κ3) is 1.40. The Bertz CT molecular complexity index is 355. The highest BCUT2D eigenvalue weighted by molar-refractivity contribution is 5.47. The molecule has 76 valence electrons. The first kappa shape index (κ1) is 9.53. The van der Waals surface area contributed by atoms with Crippen LogP contribution in [-0.4, -0.2) is 5.54 Å². The summed E-state index contributed by atoms with van der Waals surface area (Å²) in [5, 5.41) is 0. The Morgan fingerprint density at radius 2 is 2.14 bits per heavy atom. The van der Waals surface area contributed by atoms with Gasteiger partial charge in [-0.15, -0.1) is 0 Å². The van der Waals surface area contributed by atoms with Crippen molar-refractivity contribution in [3.05, 3.63) is 29.3 Å². The molecule has 4 N–H and O–H groups in total. The number of rotatable bonds is 0. The van der Waals surface area contributed by atoms with Crippen LogP contribution in [0.5, 0.6) is 0 Å². The number of benzene rings is 1. The van der Waals surface area contributed by atoms with Gasteiger partial charge in [-0.3, -0.25) is 0 Å². The van der Waals surface area contributed by atoms with Crippen LogP contribution in [0.25, 0.3) is 0 Å². The fourth-order valence-corrected chi connectivity index (χ4v) is 2.24. The van der Waals surface area contributed by atoms with Crippen molar-refractivity contribution in [1.82, 2.24) is 0 Å². The van der Waals surface area contributed by atoms with Crippen molar-refractivity contribution in [3.63, 3.8) is 0 Å². The third-order valence-electron chi connectivity index (χ3n) is 3.56. The summed E-state index contributed by atoms with van der Waals surface area (Å²) in [7, 11) is 0. The largest absolute Gasteiger partial charge is 0.399 e. The molecule has 1 aromatic carbocycles. The standard InChI is InChI=1S/C12H18N2/c1-8-11-4-3-10(13)7-9(11)5-6-12(8,2)14/h3-4,7-8H,5-6,13-14H2,1-2H3. The van der Waals surface area contributed by atoms with Crippen LogP contribution in [0.4, 0.5) is 5.69 Å². The minimum absolute atomic E-state index is 0.0664. The third-order valence-corrected chi connectivity index (χ3v) is 3.56. The van der Waals surface area contributed by atoms with Gasteiger partial charge in [0.2, 0.25) is 0 Å². The quantitative estimate of drug-likeness (QED) is 0.615. The maximum absolute atomic E-state index is 6.24. The molecule has 0 saturated heterocycles. The smallest absolute Gasteiger partial charge is 0.0316 e. The molecule has 0 spiro atoms. The van der Waals surface area contributed by atoms with E-state index in [9.17, 15) is 0 Å². The van der Waals surface area contributed by atoms with E-state index in [1.165, 1.54) is 11.1 Å². The minimum Gasteiger partial charge on any atom is -0.399 e. The van der Waals surface area contributed by atoms with Gasteiger partial charge in [-0.05, 0) is 48.9 Å². The van der Waals surface area contributed by atoms with Crippen molar-refractivity contribution in [3.8, 4) is 0 Å². The summed E-state index contributed by atoms with van der Waals surface area (Å²) in [5.41, 5.74) is 15.5. The van der Waals surface area contributed by atoms with E-state index in [-0.39, 0.29) is 5.54 Å². The molecule has 0 radical (unpaired) electrons. The Morgan fingerprint density at radius 3 is 2.86 bits per heavy atom. The fourth-order valence-electron chi connectivity index (χ4n) is 2.24. The monoisotopic (exact) mass is 190 g/mol. The van der Waals surface area contributed by atoms with E-state index in [0.29, 0.717) is 5.92 Å². The van der Waals surface area contributed by atoms with Crippen molar-refractivity contribution >= 4 is 5.69 Å². The van der Waals surface area contributed by atoms with Crippen LogP contribution >= 0.6 is 0 Å². The van der Waals surface area contributed by atoms with Gasteiger partial charge in [0.15, 0.2) is 0 Å². The molecule has 2 nitrogen and oxygen atoms in total. The van der Waals surface area contributed by atoms with Gasteiger partial charge < -0.3 is 11.5 Å². The van der Waals surface area contributed by atoms with Crippen molar-refractivity contribution in [1.29, 1.82) is 0 Å². The zero-order chi connectivity index (χ0) is 10.3. The maximum Gasteiger partial charge on any atom is 0.0316 e. The molecular weight excluding hydrogens is 172 g/mol. The van der Waals surface area contributed by atoms with Gasteiger partial charge in [-0.1, -0.05) is 13.0 Å². The first-order valence-corrected chi connectivity index (χ1v) is 5.18. The Kier molecular flexibility index (Phi) is 2.04. The normalized spacial score (nSPS) is 31.2. The molecular formula is C12H18N2. The number of hydrogen-bond donors (Lipinski definition) is 2. The molecule has 2 heteroatoms. The lowest BCUT2D eigenvalue weighted by Gasteiger charge is -2.37. The van der Waals surface area contributed by atoms with Crippen LogP contribution in [-0.2, 0) is 6.42 Å².